The summed E-state index contributed by atoms with van der Waals surface area (Å²) in [6.07, 6.45) is 2.72. The molecule has 198 valence electrons. The molecule has 0 spiro atoms. The Bertz CT molecular complexity index is 1480. The van der Waals surface area contributed by atoms with Crippen LogP contribution < -0.4 is 9.47 Å². The van der Waals surface area contributed by atoms with Crippen LogP contribution in [0.5, 0.6) is 11.5 Å². The predicted molar refractivity (Wildman–Crippen MR) is 147 cm³/mol. The van der Waals surface area contributed by atoms with Gasteiger partial charge in [-0.05, 0) is 87.6 Å². The third kappa shape index (κ3) is 5.11. The van der Waals surface area contributed by atoms with Gasteiger partial charge in [0.05, 0.1) is 19.3 Å². The number of nitrogens with zero attached hydrogens (tertiary/aromatic N) is 2. The number of aromatic nitrogens is 2. The van der Waals surface area contributed by atoms with E-state index < -0.39 is 17.7 Å². The van der Waals surface area contributed by atoms with E-state index in [1.54, 1.807) is 7.11 Å². The quantitative estimate of drug-likeness (QED) is 0.310. The van der Waals surface area contributed by atoms with Crippen LogP contribution in [0.2, 0.25) is 0 Å². The highest BCUT2D eigenvalue weighted by atomic mass is 16.5. The van der Waals surface area contributed by atoms with E-state index in [9.17, 15) is 9.90 Å². The minimum absolute atomic E-state index is 0.582. The summed E-state index contributed by atoms with van der Waals surface area (Å²) >= 11 is 0. The Morgan fingerprint density at radius 1 is 1.16 bits per heavy atom. The van der Waals surface area contributed by atoms with Gasteiger partial charge in [0.1, 0.15) is 17.1 Å². The molecule has 7 nitrogen and oxygen atoms in total. The van der Waals surface area contributed by atoms with Gasteiger partial charge in [0.2, 0.25) is 0 Å². The van der Waals surface area contributed by atoms with Gasteiger partial charge in [0.15, 0.2) is 6.10 Å². The molecule has 1 aliphatic heterocycles. The highest BCUT2D eigenvalue weighted by Gasteiger charge is 2.33. The third-order valence-corrected chi connectivity index (χ3v) is 6.80. The Morgan fingerprint density at radius 3 is 2.61 bits per heavy atom. The summed E-state index contributed by atoms with van der Waals surface area (Å²) in [5.41, 5.74) is 5.36. The molecular weight excluding hydrogens is 480 g/mol. The number of hydrogen-bond donors (Lipinski definition) is 1. The second-order valence-electron chi connectivity index (χ2n) is 10.7. The molecule has 5 rings (SSSR count). The summed E-state index contributed by atoms with van der Waals surface area (Å²) in [6, 6.07) is 16.1. The van der Waals surface area contributed by atoms with Gasteiger partial charge in [-0.25, -0.2) is 9.78 Å². The number of ether oxygens (including phenoxy) is 3. The largest absolute Gasteiger partial charge is 0.497 e. The van der Waals surface area contributed by atoms with Crippen molar-refractivity contribution in [3.63, 3.8) is 0 Å². The first kappa shape index (κ1) is 25.8. The minimum Gasteiger partial charge on any atom is -0.497 e. The lowest BCUT2D eigenvalue weighted by Gasteiger charge is -2.28. The van der Waals surface area contributed by atoms with Gasteiger partial charge in [-0.2, -0.15) is 0 Å². The maximum atomic E-state index is 12.6. The molecule has 0 amide bonds. The molecule has 0 bridgehead atoms. The predicted octanol–water partition coefficient (Wildman–Crippen LogP) is 6.33. The number of carboxylic acid groups (broad SMARTS) is 1. The second kappa shape index (κ2) is 10.1. The summed E-state index contributed by atoms with van der Waals surface area (Å²) in [5.74, 6) is 0.660. The average Bonchev–Trinajstić information content (AvgIpc) is 3.28. The summed E-state index contributed by atoms with van der Waals surface area (Å²) in [6.45, 7) is 8.80. The molecule has 0 saturated heterocycles. The Balaban J connectivity index is 1.71. The molecule has 1 aliphatic rings. The molecule has 1 N–H and O–H groups in total. The molecule has 0 aliphatic carbocycles. The number of methoxy groups -OCH3 is 1. The van der Waals surface area contributed by atoms with Crippen LogP contribution in [0.1, 0.15) is 55.7 Å². The Morgan fingerprint density at radius 2 is 1.92 bits per heavy atom. The summed E-state index contributed by atoms with van der Waals surface area (Å²) < 4.78 is 19.4. The van der Waals surface area contributed by atoms with Crippen LogP contribution in [-0.4, -0.2) is 39.9 Å². The van der Waals surface area contributed by atoms with E-state index in [1.807, 2.05) is 76.4 Å². The van der Waals surface area contributed by atoms with E-state index in [2.05, 4.69) is 10.6 Å². The van der Waals surface area contributed by atoms with Gasteiger partial charge in [-0.15, -0.1) is 0 Å². The van der Waals surface area contributed by atoms with Crippen molar-refractivity contribution in [2.24, 2.45) is 0 Å². The number of aliphatic carboxylic acids is 1. The van der Waals surface area contributed by atoms with Crippen molar-refractivity contribution in [1.82, 2.24) is 9.55 Å². The van der Waals surface area contributed by atoms with E-state index in [0.29, 0.717) is 24.4 Å². The van der Waals surface area contributed by atoms with E-state index in [1.165, 1.54) is 0 Å². The molecule has 0 saturated carbocycles. The second-order valence-corrected chi connectivity index (χ2v) is 10.7. The zero-order valence-electron chi connectivity index (χ0n) is 22.6. The van der Waals surface area contributed by atoms with E-state index in [4.69, 9.17) is 19.2 Å². The normalized spacial score (nSPS) is 14.1. The summed E-state index contributed by atoms with van der Waals surface area (Å²) in [7, 11) is 1.65. The van der Waals surface area contributed by atoms with Gasteiger partial charge >= 0.3 is 5.97 Å². The summed E-state index contributed by atoms with van der Waals surface area (Å²) in [5, 5.41) is 11.2. The topological polar surface area (TPSA) is 82.8 Å². The van der Waals surface area contributed by atoms with E-state index >= 15 is 0 Å². The number of benzene rings is 2. The molecule has 38 heavy (non-hydrogen) atoms. The number of hydrogen-bond acceptors (Lipinski definition) is 5. The van der Waals surface area contributed by atoms with Crippen molar-refractivity contribution >= 4 is 17.0 Å². The van der Waals surface area contributed by atoms with Crippen LogP contribution in [0.4, 0.5) is 0 Å². The molecule has 7 heteroatoms. The van der Waals surface area contributed by atoms with Crippen LogP contribution in [0.25, 0.3) is 22.2 Å². The first-order valence-corrected chi connectivity index (χ1v) is 12.9. The van der Waals surface area contributed by atoms with Crippen LogP contribution in [0, 0.1) is 6.92 Å². The monoisotopic (exact) mass is 514 g/mol. The lowest BCUT2D eigenvalue weighted by atomic mass is 9.90. The van der Waals surface area contributed by atoms with E-state index in [-0.39, 0.29) is 0 Å². The van der Waals surface area contributed by atoms with Gasteiger partial charge in [-0.1, -0.05) is 18.2 Å². The van der Waals surface area contributed by atoms with Crippen molar-refractivity contribution in [3.05, 3.63) is 77.1 Å². The third-order valence-electron chi connectivity index (χ3n) is 6.80. The lowest BCUT2D eigenvalue weighted by Crippen LogP contribution is -2.28. The van der Waals surface area contributed by atoms with E-state index in [0.717, 1.165) is 57.6 Å². The number of rotatable bonds is 7. The molecule has 1 atom stereocenters. The highest BCUT2D eigenvalue weighted by molar-refractivity contribution is 5.98. The molecule has 0 fully saturated rings. The molecule has 1 unspecified atom stereocenters. The smallest absolute Gasteiger partial charge is 0.337 e. The molecule has 4 aromatic rings. The number of fused-ring (bicyclic) bond motifs is 2. The first-order valence-electron chi connectivity index (χ1n) is 12.9. The van der Waals surface area contributed by atoms with Crippen molar-refractivity contribution in [1.29, 1.82) is 0 Å². The van der Waals surface area contributed by atoms with Crippen molar-refractivity contribution in [2.45, 2.75) is 58.8 Å². The molecule has 2 aromatic carbocycles. The Kier molecular flexibility index (Phi) is 6.88. The van der Waals surface area contributed by atoms with Crippen molar-refractivity contribution in [3.8, 4) is 22.6 Å². The average molecular weight is 515 g/mol. The number of pyridine rings is 1. The Labute approximate surface area is 223 Å². The maximum Gasteiger partial charge on any atom is 0.337 e. The van der Waals surface area contributed by atoms with Crippen molar-refractivity contribution in [2.75, 3.05) is 13.7 Å². The maximum absolute atomic E-state index is 12.6. The SMILES string of the molecule is COc1ccc(Cn2ccc3c(-c4ccc5c(c4)CCCO5)c(C(OC(C)(C)C)C(=O)O)c(C)nc32)cc1. The van der Waals surface area contributed by atoms with Gasteiger partial charge in [-0.3, -0.25) is 0 Å². The number of aryl methyl sites for hydroxylation is 2. The van der Waals surface area contributed by atoms with Gasteiger partial charge < -0.3 is 23.9 Å². The molecular formula is C31H34N2O5. The Hall–Kier alpha value is -3.84. The highest BCUT2D eigenvalue weighted by Crippen LogP contribution is 2.41. The van der Waals surface area contributed by atoms with Gasteiger partial charge in [0, 0.05) is 34.9 Å². The number of carboxylic acids is 1. The van der Waals surface area contributed by atoms with Crippen LogP contribution in [-0.2, 0) is 22.5 Å². The zero-order chi connectivity index (χ0) is 27.0. The van der Waals surface area contributed by atoms with Crippen LogP contribution >= 0.6 is 0 Å². The zero-order valence-corrected chi connectivity index (χ0v) is 22.6. The molecule has 0 radical (unpaired) electrons. The van der Waals surface area contributed by atoms with Gasteiger partial charge in [0.25, 0.3) is 0 Å². The summed E-state index contributed by atoms with van der Waals surface area (Å²) in [4.78, 5) is 17.5. The fourth-order valence-corrected chi connectivity index (χ4v) is 5.12. The van der Waals surface area contributed by atoms with Crippen LogP contribution in [0.15, 0.2) is 54.7 Å². The lowest BCUT2D eigenvalue weighted by molar-refractivity contribution is -0.160. The molecule has 2 aromatic heterocycles. The standard InChI is InChI=1S/C31H34N2O5/c1-19-26(28(30(34)35)38-31(2,3)4)27(22-10-13-25-21(17-22)7-6-16-37-25)24-14-15-33(29(24)32-19)18-20-8-11-23(36-5)12-9-20/h8-15,17,28H,6-7,16,18H2,1-5H3,(H,34,35). The number of carbonyl (C=O) groups is 1. The van der Waals surface area contributed by atoms with Crippen molar-refractivity contribution < 1.29 is 24.1 Å². The molecule has 3 heterocycles. The first-order chi connectivity index (χ1) is 18.1. The van der Waals surface area contributed by atoms with Crippen LogP contribution in [0.3, 0.4) is 0 Å². The fraction of sp³-hybridized carbons (Fsp3) is 0.355. The fourth-order valence-electron chi connectivity index (χ4n) is 5.12. The minimum atomic E-state index is -1.17.